The highest BCUT2D eigenvalue weighted by molar-refractivity contribution is 5.94. The van der Waals surface area contributed by atoms with Crippen molar-refractivity contribution >= 4 is 5.91 Å². The molecule has 2 rings (SSSR count). The molecule has 0 aliphatic carbocycles. The van der Waals surface area contributed by atoms with Crippen LogP contribution in [0.2, 0.25) is 0 Å². The lowest BCUT2D eigenvalue weighted by molar-refractivity contribution is -0.137. The van der Waals surface area contributed by atoms with E-state index in [0.717, 1.165) is 57.2 Å². The molecule has 1 aromatic rings. The molecule has 4 nitrogen and oxygen atoms in total. The summed E-state index contributed by atoms with van der Waals surface area (Å²) in [5, 5.41) is 5.90. The number of carbonyl (C=O) groups is 1. The maximum atomic E-state index is 13.4. The minimum absolute atomic E-state index is 0.243. The maximum Gasteiger partial charge on any atom is 0.416 e. The molecule has 1 aliphatic rings. The highest BCUT2D eigenvalue weighted by atomic mass is 19.4. The van der Waals surface area contributed by atoms with Crippen LogP contribution in [0.25, 0.3) is 0 Å². The van der Waals surface area contributed by atoms with Crippen LogP contribution in [0.15, 0.2) is 30.5 Å². The van der Waals surface area contributed by atoms with Gasteiger partial charge in [-0.3, -0.25) is 9.69 Å². The number of nitrogens with one attached hydrogen (secondary N) is 2. The molecule has 1 heterocycles. The van der Waals surface area contributed by atoms with Gasteiger partial charge in [-0.25, -0.2) is 4.39 Å². The Kier molecular flexibility index (Phi) is 7.86. The van der Waals surface area contributed by atoms with Crippen molar-refractivity contribution in [3.63, 3.8) is 0 Å². The van der Waals surface area contributed by atoms with Gasteiger partial charge in [0.1, 0.15) is 5.82 Å². The molecule has 0 atom stereocenters. The highest BCUT2D eigenvalue weighted by Gasteiger charge is 2.32. The van der Waals surface area contributed by atoms with E-state index >= 15 is 0 Å². The third-order valence-corrected chi connectivity index (χ3v) is 4.79. The molecule has 1 amide bonds. The molecular weight excluding hydrogens is 374 g/mol. The number of nitrogens with zero attached hydrogens (tertiary/aromatic N) is 1. The van der Waals surface area contributed by atoms with Crippen molar-refractivity contribution in [2.75, 3.05) is 32.7 Å². The number of amides is 1. The molecule has 1 saturated heterocycles. The molecule has 1 aliphatic heterocycles. The third-order valence-electron chi connectivity index (χ3n) is 4.79. The minimum atomic E-state index is -4.69. The van der Waals surface area contributed by atoms with Gasteiger partial charge in [0, 0.05) is 30.9 Å². The van der Waals surface area contributed by atoms with E-state index in [1.54, 1.807) is 0 Å². The first-order valence-corrected chi connectivity index (χ1v) is 9.49. The monoisotopic (exact) mass is 401 g/mol. The lowest BCUT2D eigenvalue weighted by Crippen LogP contribution is -2.40. The number of halogens is 4. The van der Waals surface area contributed by atoms with E-state index in [-0.39, 0.29) is 11.5 Å². The summed E-state index contributed by atoms with van der Waals surface area (Å²) in [6.07, 6.45) is -1.91. The number of hydrogen-bond donors (Lipinski definition) is 2. The van der Waals surface area contributed by atoms with E-state index in [4.69, 9.17) is 0 Å². The fourth-order valence-electron chi connectivity index (χ4n) is 3.20. The third kappa shape index (κ3) is 6.82. The number of hydrogen-bond acceptors (Lipinski definition) is 3. The molecule has 2 N–H and O–H groups in total. The van der Waals surface area contributed by atoms with Gasteiger partial charge in [-0.15, -0.1) is 0 Å². The molecule has 0 bridgehead atoms. The van der Waals surface area contributed by atoms with Gasteiger partial charge in [-0.1, -0.05) is 13.5 Å². The number of likely N-dealkylation sites (tertiary alicyclic amines) is 1. The second-order valence-corrected chi connectivity index (χ2v) is 7.19. The quantitative estimate of drug-likeness (QED) is 0.652. The van der Waals surface area contributed by atoms with Crippen molar-refractivity contribution in [3.8, 4) is 0 Å². The van der Waals surface area contributed by atoms with Crippen LogP contribution >= 0.6 is 0 Å². The summed E-state index contributed by atoms with van der Waals surface area (Å²) in [4.78, 5) is 14.4. The summed E-state index contributed by atoms with van der Waals surface area (Å²) in [5.41, 5.74) is -0.494. The zero-order valence-electron chi connectivity index (χ0n) is 16.0. The molecule has 1 aromatic carbocycles. The highest BCUT2D eigenvalue weighted by Crippen LogP contribution is 2.30. The smallest absolute Gasteiger partial charge is 0.388 e. The normalized spacial score (nSPS) is 16.0. The molecule has 0 aromatic heterocycles. The van der Waals surface area contributed by atoms with E-state index in [1.807, 2.05) is 0 Å². The summed E-state index contributed by atoms with van der Waals surface area (Å²) in [6, 6.07) is 1.88. The number of rotatable bonds is 8. The van der Waals surface area contributed by atoms with Crippen molar-refractivity contribution < 1.29 is 22.4 Å². The van der Waals surface area contributed by atoms with Gasteiger partial charge in [0.25, 0.3) is 5.91 Å². The summed E-state index contributed by atoms with van der Waals surface area (Å²) >= 11 is 0. The zero-order valence-corrected chi connectivity index (χ0v) is 16.0. The Morgan fingerprint density at radius 2 is 1.89 bits per heavy atom. The largest absolute Gasteiger partial charge is 0.416 e. The van der Waals surface area contributed by atoms with Crippen LogP contribution in [-0.2, 0) is 6.18 Å². The first kappa shape index (κ1) is 22.2. The fraction of sp³-hybridized carbons (Fsp3) is 0.550. The maximum absolute atomic E-state index is 13.4. The van der Waals surface area contributed by atoms with Crippen molar-refractivity contribution in [3.05, 3.63) is 47.4 Å². The molecule has 0 saturated carbocycles. The van der Waals surface area contributed by atoms with Gasteiger partial charge >= 0.3 is 6.18 Å². The molecule has 0 spiro atoms. The molecule has 28 heavy (non-hydrogen) atoms. The average molecular weight is 401 g/mol. The number of carbonyl (C=O) groups excluding carboxylic acids is 1. The molecule has 1 fully saturated rings. The van der Waals surface area contributed by atoms with Crippen molar-refractivity contribution in [1.82, 2.24) is 15.5 Å². The van der Waals surface area contributed by atoms with E-state index in [1.165, 1.54) is 0 Å². The summed E-state index contributed by atoms with van der Waals surface area (Å²) < 4.78 is 51.8. The minimum Gasteiger partial charge on any atom is -0.388 e. The van der Waals surface area contributed by atoms with E-state index in [2.05, 4.69) is 29.0 Å². The predicted molar refractivity (Wildman–Crippen MR) is 100 cm³/mol. The Morgan fingerprint density at radius 3 is 2.50 bits per heavy atom. The van der Waals surface area contributed by atoms with Crippen LogP contribution in [0.1, 0.15) is 42.1 Å². The standard InChI is InChI=1S/C20H27F4N3O/c1-3-6-25-14(2)13-27-7-4-15(5-8-27)12-26-19(28)16-9-17(20(22,23)24)11-18(21)10-16/h9-11,15,25H,2-8,12-13H2,1H3,(H,26,28). The van der Waals surface area contributed by atoms with Gasteiger partial charge in [0.15, 0.2) is 0 Å². The first-order chi connectivity index (χ1) is 13.2. The number of alkyl halides is 3. The number of piperidine rings is 1. The van der Waals surface area contributed by atoms with Crippen LogP contribution in [0.5, 0.6) is 0 Å². The van der Waals surface area contributed by atoms with Crippen LogP contribution in [0.4, 0.5) is 17.6 Å². The van der Waals surface area contributed by atoms with Gasteiger partial charge in [0.2, 0.25) is 0 Å². The summed E-state index contributed by atoms with van der Waals surface area (Å²) in [7, 11) is 0. The van der Waals surface area contributed by atoms with Gasteiger partial charge in [0.05, 0.1) is 5.56 Å². The SMILES string of the molecule is C=C(CN1CCC(CNC(=O)c2cc(F)cc(C(F)(F)F)c2)CC1)NCCC. The summed E-state index contributed by atoms with van der Waals surface area (Å²) in [6.45, 7) is 9.87. The van der Waals surface area contributed by atoms with Crippen LogP contribution in [0, 0.1) is 11.7 Å². The average Bonchev–Trinajstić information content (AvgIpc) is 2.64. The van der Waals surface area contributed by atoms with Gasteiger partial charge < -0.3 is 10.6 Å². The second kappa shape index (κ2) is 9.91. The summed E-state index contributed by atoms with van der Waals surface area (Å²) in [5.74, 6) is -1.53. The molecule has 156 valence electrons. The Morgan fingerprint density at radius 1 is 1.21 bits per heavy atom. The van der Waals surface area contributed by atoms with Gasteiger partial charge in [-0.2, -0.15) is 13.2 Å². The van der Waals surface area contributed by atoms with Crippen molar-refractivity contribution in [1.29, 1.82) is 0 Å². The van der Waals surface area contributed by atoms with Crippen LogP contribution in [0.3, 0.4) is 0 Å². The van der Waals surface area contributed by atoms with Crippen molar-refractivity contribution in [2.24, 2.45) is 5.92 Å². The van der Waals surface area contributed by atoms with Gasteiger partial charge in [-0.05, 0) is 56.5 Å². The zero-order chi connectivity index (χ0) is 20.7. The fourth-order valence-corrected chi connectivity index (χ4v) is 3.20. The first-order valence-electron chi connectivity index (χ1n) is 9.49. The van der Waals surface area contributed by atoms with E-state index < -0.39 is 23.5 Å². The van der Waals surface area contributed by atoms with Crippen LogP contribution < -0.4 is 10.6 Å². The lowest BCUT2D eigenvalue weighted by Gasteiger charge is -2.32. The van der Waals surface area contributed by atoms with E-state index in [9.17, 15) is 22.4 Å². The Bertz CT molecular complexity index is 683. The Labute approximate surface area is 163 Å². The Hall–Kier alpha value is -2.09. The topological polar surface area (TPSA) is 44.4 Å². The van der Waals surface area contributed by atoms with Crippen LogP contribution in [-0.4, -0.2) is 43.5 Å². The molecular formula is C20H27F4N3O. The second-order valence-electron chi connectivity index (χ2n) is 7.19. The van der Waals surface area contributed by atoms with Crippen molar-refractivity contribution in [2.45, 2.75) is 32.4 Å². The number of benzene rings is 1. The molecule has 0 unspecified atom stereocenters. The lowest BCUT2D eigenvalue weighted by atomic mass is 9.96. The molecule has 8 heteroatoms. The predicted octanol–water partition coefficient (Wildman–Crippen LogP) is 3.80. The molecule has 0 radical (unpaired) electrons. The van der Waals surface area contributed by atoms with E-state index in [0.29, 0.717) is 18.7 Å². The Balaban J connectivity index is 1.80.